The molecular weight excluding hydrogens is 334 g/mol. The zero-order chi connectivity index (χ0) is 15.4. The molecule has 0 bridgehead atoms. The van der Waals surface area contributed by atoms with E-state index in [-0.39, 0.29) is 5.91 Å². The number of methoxy groups -OCH3 is 1. The molecule has 2 rings (SSSR count). The van der Waals surface area contributed by atoms with Crippen LogP contribution in [0.4, 0.5) is 11.4 Å². The molecule has 1 amide bonds. The van der Waals surface area contributed by atoms with Gasteiger partial charge in [0.1, 0.15) is 5.75 Å². The number of ether oxygens (including phenoxy) is 1. The van der Waals surface area contributed by atoms with Crippen molar-refractivity contribution in [2.75, 3.05) is 17.9 Å². The molecule has 0 radical (unpaired) electrons. The number of amides is 1. The first-order chi connectivity index (χ1) is 10.0. The first kappa shape index (κ1) is 15.3. The normalized spacial score (nSPS) is 10.1. The van der Waals surface area contributed by atoms with Crippen LogP contribution in [0.3, 0.4) is 0 Å². The predicted molar refractivity (Wildman–Crippen MR) is 87.6 cm³/mol. The average molecular weight is 350 g/mol. The summed E-state index contributed by atoms with van der Waals surface area (Å²) in [5.41, 5.74) is 5.12. The second kappa shape index (κ2) is 6.60. The number of carbonyl (C=O) groups excluding carboxylic acids is 1. The minimum Gasteiger partial charge on any atom is -0.495 e. The molecular formula is C15H16BrN3O2. The Labute approximate surface area is 131 Å². The van der Waals surface area contributed by atoms with Gasteiger partial charge < -0.3 is 15.5 Å². The number of carbonyl (C=O) groups is 1. The van der Waals surface area contributed by atoms with Gasteiger partial charge in [-0.15, -0.1) is 0 Å². The molecule has 0 fully saturated rings. The lowest BCUT2D eigenvalue weighted by Crippen LogP contribution is -2.17. The van der Waals surface area contributed by atoms with E-state index in [1.54, 1.807) is 31.4 Å². The first-order valence-corrected chi connectivity index (χ1v) is 7.06. The molecule has 0 saturated carbocycles. The van der Waals surface area contributed by atoms with Gasteiger partial charge in [0.2, 0.25) is 0 Å². The molecule has 0 spiro atoms. The fourth-order valence-corrected chi connectivity index (χ4v) is 2.30. The van der Waals surface area contributed by atoms with E-state index < -0.39 is 0 Å². The Morgan fingerprint density at radius 2 is 1.95 bits per heavy atom. The molecule has 4 N–H and O–H groups in total. The van der Waals surface area contributed by atoms with E-state index in [9.17, 15) is 4.79 Å². The monoisotopic (exact) mass is 349 g/mol. The molecule has 2 aromatic rings. The number of nitrogen functional groups attached to an aromatic ring is 1. The third-order valence-corrected chi connectivity index (χ3v) is 3.48. The van der Waals surface area contributed by atoms with Crippen molar-refractivity contribution in [3.8, 4) is 5.75 Å². The smallest absolute Gasteiger partial charge is 0.257 e. The van der Waals surface area contributed by atoms with E-state index in [1.165, 1.54) is 0 Å². The van der Waals surface area contributed by atoms with Crippen LogP contribution in [0.2, 0.25) is 0 Å². The number of rotatable bonds is 4. The highest BCUT2D eigenvalue weighted by Gasteiger charge is 2.14. The summed E-state index contributed by atoms with van der Waals surface area (Å²) in [5, 5.41) is 2.83. The molecule has 0 atom stereocenters. The largest absolute Gasteiger partial charge is 0.495 e. The van der Waals surface area contributed by atoms with E-state index in [1.807, 2.05) is 19.1 Å². The molecule has 0 aliphatic carbocycles. The van der Waals surface area contributed by atoms with Crippen molar-refractivity contribution in [2.24, 2.45) is 5.84 Å². The number of nitrogens with two attached hydrogens (primary N) is 1. The summed E-state index contributed by atoms with van der Waals surface area (Å²) in [5.74, 6) is 5.77. The molecule has 0 heterocycles. The number of hydrazine groups is 1. The maximum atomic E-state index is 12.4. The lowest BCUT2D eigenvalue weighted by molar-refractivity contribution is 0.102. The Hall–Kier alpha value is -2.05. The standard InChI is InChI=1S/C15H16BrN3O2/c1-9-3-5-12(19-17)11(7-9)15(20)18-13-8-10(16)4-6-14(13)21-2/h3-8,19H,17H2,1-2H3,(H,18,20). The zero-order valence-corrected chi connectivity index (χ0v) is 13.3. The third kappa shape index (κ3) is 3.53. The molecule has 0 aromatic heterocycles. The summed E-state index contributed by atoms with van der Waals surface area (Å²) < 4.78 is 6.09. The van der Waals surface area contributed by atoms with Crippen LogP contribution in [0.5, 0.6) is 5.75 Å². The summed E-state index contributed by atoms with van der Waals surface area (Å²) >= 11 is 3.37. The second-order valence-corrected chi connectivity index (χ2v) is 5.41. The van der Waals surface area contributed by atoms with Gasteiger partial charge in [0.25, 0.3) is 5.91 Å². The van der Waals surface area contributed by atoms with Gasteiger partial charge in [-0.05, 0) is 37.3 Å². The second-order valence-electron chi connectivity index (χ2n) is 4.49. The summed E-state index contributed by atoms with van der Waals surface area (Å²) in [4.78, 5) is 12.4. The lowest BCUT2D eigenvalue weighted by Gasteiger charge is -2.13. The highest BCUT2D eigenvalue weighted by atomic mass is 79.9. The summed E-state index contributed by atoms with van der Waals surface area (Å²) in [6.07, 6.45) is 0. The Balaban J connectivity index is 2.34. The van der Waals surface area contributed by atoms with Gasteiger partial charge in [-0.3, -0.25) is 10.6 Å². The maximum Gasteiger partial charge on any atom is 0.257 e. The Bertz CT molecular complexity index is 674. The van der Waals surface area contributed by atoms with E-state index >= 15 is 0 Å². The van der Waals surface area contributed by atoms with Gasteiger partial charge in [-0.1, -0.05) is 27.6 Å². The molecule has 2 aromatic carbocycles. The molecule has 0 aliphatic rings. The maximum absolute atomic E-state index is 12.4. The van der Waals surface area contributed by atoms with Gasteiger partial charge >= 0.3 is 0 Å². The number of halogens is 1. The quantitative estimate of drug-likeness (QED) is 0.584. The van der Waals surface area contributed by atoms with E-state index in [4.69, 9.17) is 10.6 Å². The highest BCUT2D eigenvalue weighted by Crippen LogP contribution is 2.29. The van der Waals surface area contributed by atoms with E-state index in [0.717, 1.165) is 10.0 Å². The lowest BCUT2D eigenvalue weighted by atomic mass is 10.1. The van der Waals surface area contributed by atoms with Crippen molar-refractivity contribution in [2.45, 2.75) is 6.92 Å². The topological polar surface area (TPSA) is 76.4 Å². The van der Waals surface area contributed by atoms with Crippen LogP contribution in [-0.2, 0) is 0 Å². The summed E-state index contributed by atoms with van der Waals surface area (Å²) in [7, 11) is 1.55. The number of hydrogen-bond acceptors (Lipinski definition) is 4. The number of aryl methyl sites for hydroxylation is 1. The van der Waals surface area contributed by atoms with Crippen molar-refractivity contribution in [1.29, 1.82) is 0 Å². The molecule has 110 valence electrons. The minimum absolute atomic E-state index is 0.261. The van der Waals surface area contributed by atoms with Gasteiger partial charge in [0.05, 0.1) is 24.0 Å². The molecule has 0 saturated heterocycles. The van der Waals surface area contributed by atoms with Crippen molar-refractivity contribution in [1.82, 2.24) is 0 Å². The van der Waals surface area contributed by atoms with Crippen molar-refractivity contribution in [3.05, 3.63) is 52.0 Å². The van der Waals surface area contributed by atoms with Gasteiger partial charge in [0, 0.05) is 4.47 Å². The Morgan fingerprint density at radius 1 is 1.19 bits per heavy atom. The number of anilines is 2. The fourth-order valence-electron chi connectivity index (χ4n) is 1.94. The molecule has 0 unspecified atom stereocenters. The minimum atomic E-state index is -0.261. The van der Waals surface area contributed by atoms with Crippen LogP contribution in [0.25, 0.3) is 0 Å². The van der Waals surface area contributed by atoms with Crippen molar-refractivity contribution in [3.63, 3.8) is 0 Å². The van der Waals surface area contributed by atoms with Crippen LogP contribution in [0.1, 0.15) is 15.9 Å². The van der Waals surface area contributed by atoms with Crippen LogP contribution >= 0.6 is 15.9 Å². The zero-order valence-electron chi connectivity index (χ0n) is 11.7. The van der Waals surface area contributed by atoms with Crippen molar-refractivity contribution < 1.29 is 9.53 Å². The van der Waals surface area contributed by atoms with Gasteiger partial charge in [0.15, 0.2) is 0 Å². The van der Waals surface area contributed by atoms with Crippen LogP contribution in [0.15, 0.2) is 40.9 Å². The third-order valence-electron chi connectivity index (χ3n) is 2.98. The SMILES string of the molecule is COc1ccc(Br)cc1NC(=O)c1cc(C)ccc1NN. The fraction of sp³-hybridized carbons (Fsp3) is 0.133. The first-order valence-electron chi connectivity index (χ1n) is 6.27. The number of nitrogens with one attached hydrogen (secondary N) is 2. The van der Waals surface area contributed by atoms with E-state index in [2.05, 4.69) is 26.7 Å². The Kier molecular flexibility index (Phi) is 4.82. The van der Waals surface area contributed by atoms with Crippen LogP contribution < -0.4 is 21.3 Å². The molecule has 0 aliphatic heterocycles. The van der Waals surface area contributed by atoms with Gasteiger partial charge in [-0.2, -0.15) is 0 Å². The number of benzene rings is 2. The average Bonchev–Trinajstić information content (AvgIpc) is 2.47. The summed E-state index contributed by atoms with van der Waals surface area (Å²) in [6.45, 7) is 1.91. The predicted octanol–water partition coefficient (Wildman–Crippen LogP) is 3.30. The molecule has 5 nitrogen and oxygen atoms in total. The van der Waals surface area contributed by atoms with Crippen molar-refractivity contribution >= 4 is 33.2 Å². The van der Waals surface area contributed by atoms with Gasteiger partial charge in [-0.25, -0.2) is 0 Å². The summed E-state index contributed by atoms with van der Waals surface area (Å²) in [6, 6.07) is 10.8. The molecule has 21 heavy (non-hydrogen) atoms. The Morgan fingerprint density at radius 3 is 2.62 bits per heavy atom. The van der Waals surface area contributed by atoms with Crippen LogP contribution in [0, 0.1) is 6.92 Å². The molecule has 6 heteroatoms. The highest BCUT2D eigenvalue weighted by molar-refractivity contribution is 9.10. The number of hydrogen-bond donors (Lipinski definition) is 3. The van der Waals surface area contributed by atoms with E-state index in [0.29, 0.717) is 22.7 Å². The van der Waals surface area contributed by atoms with Crippen LogP contribution in [-0.4, -0.2) is 13.0 Å².